The van der Waals surface area contributed by atoms with Gasteiger partial charge in [-0.1, -0.05) is 66.7 Å². The maximum atomic E-state index is 11.3. The number of rotatable bonds is 4. The van der Waals surface area contributed by atoms with Crippen LogP contribution < -0.4 is 0 Å². The van der Waals surface area contributed by atoms with Crippen LogP contribution >= 0.6 is 0 Å². The highest BCUT2D eigenvalue weighted by atomic mass is 16.4. The first-order valence-corrected chi connectivity index (χ1v) is 7.97. The van der Waals surface area contributed by atoms with E-state index in [1.54, 1.807) is 6.08 Å². The van der Waals surface area contributed by atoms with E-state index in [-0.39, 0.29) is 0 Å². The van der Waals surface area contributed by atoms with Crippen molar-refractivity contribution in [3.8, 4) is 11.1 Å². The number of carboxylic acids is 1. The number of benzene rings is 3. The van der Waals surface area contributed by atoms with Gasteiger partial charge in [0, 0.05) is 6.54 Å². The van der Waals surface area contributed by atoms with Gasteiger partial charge in [-0.25, -0.2) is 4.79 Å². The second-order valence-corrected chi connectivity index (χ2v) is 5.98. The van der Waals surface area contributed by atoms with E-state index < -0.39 is 12.0 Å². The van der Waals surface area contributed by atoms with Crippen LogP contribution in [-0.2, 0) is 11.3 Å². The molecule has 3 aromatic rings. The van der Waals surface area contributed by atoms with E-state index in [4.69, 9.17) is 0 Å². The highest BCUT2D eigenvalue weighted by molar-refractivity contribution is 5.98. The van der Waals surface area contributed by atoms with Crippen molar-refractivity contribution in [2.24, 2.45) is 0 Å². The second-order valence-electron chi connectivity index (χ2n) is 5.98. The quantitative estimate of drug-likeness (QED) is 0.781. The van der Waals surface area contributed by atoms with Gasteiger partial charge in [-0.3, -0.25) is 0 Å². The van der Waals surface area contributed by atoms with Gasteiger partial charge in [0.25, 0.3) is 0 Å². The summed E-state index contributed by atoms with van der Waals surface area (Å²) in [5.74, 6) is -0.806. The van der Waals surface area contributed by atoms with Crippen LogP contribution in [0.3, 0.4) is 0 Å². The molecule has 3 nitrogen and oxygen atoms in total. The summed E-state index contributed by atoms with van der Waals surface area (Å²) in [5.41, 5.74) is 3.47. The third kappa shape index (κ3) is 2.44. The molecule has 0 radical (unpaired) electrons. The van der Waals surface area contributed by atoms with Crippen molar-refractivity contribution in [1.29, 1.82) is 0 Å². The highest BCUT2D eigenvalue weighted by Gasteiger charge is 2.27. The molecule has 0 aromatic heterocycles. The summed E-state index contributed by atoms with van der Waals surface area (Å²) in [4.78, 5) is 13.1. The molecule has 0 spiro atoms. The van der Waals surface area contributed by atoms with Gasteiger partial charge in [0.05, 0.1) is 0 Å². The maximum absolute atomic E-state index is 11.3. The van der Waals surface area contributed by atoms with E-state index in [0.717, 1.165) is 11.1 Å². The Morgan fingerprint density at radius 2 is 1.71 bits per heavy atom. The van der Waals surface area contributed by atoms with E-state index >= 15 is 0 Å². The summed E-state index contributed by atoms with van der Waals surface area (Å²) in [6, 6.07) is 22.3. The van der Waals surface area contributed by atoms with Crippen LogP contribution in [0.25, 0.3) is 21.9 Å². The Morgan fingerprint density at radius 3 is 2.42 bits per heavy atom. The highest BCUT2D eigenvalue weighted by Crippen LogP contribution is 2.34. The Morgan fingerprint density at radius 1 is 0.958 bits per heavy atom. The van der Waals surface area contributed by atoms with Gasteiger partial charge in [-0.15, -0.1) is 0 Å². The minimum atomic E-state index is -0.806. The third-order valence-corrected chi connectivity index (χ3v) is 4.50. The maximum Gasteiger partial charge on any atom is 0.330 e. The molecule has 0 fully saturated rings. The van der Waals surface area contributed by atoms with Crippen LogP contribution in [0.5, 0.6) is 0 Å². The fourth-order valence-corrected chi connectivity index (χ4v) is 3.26. The van der Waals surface area contributed by atoms with E-state index in [9.17, 15) is 9.90 Å². The molecule has 0 saturated carbocycles. The molecule has 1 atom stereocenters. The molecule has 1 heterocycles. The summed E-state index contributed by atoms with van der Waals surface area (Å²) in [6.45, 7) is 0.586. The van der Waals surface area contributed by atoms with E-state index in [1.165, 1.54) is 16.3 Å². The Balaban J connectivity index is 1.84. The SMILES string of the molecule is O=C(O)C1C=CN1Cc1ccc2ccccc2c1-c1ccccc1. The summed E-state index contributed by atoms with van der Waals surface area (Å²) >= 11 is 0. The Hall–Kier alpha value is -3.07. The standard InChI is InChI=1S/C21H17NO2/c23-21(24)19-12-13-22(19)14-17-11-10-15-6-4-5-9-18(15)20(17)16-7-2-1-3-8-16/h1-13,19H,14H2,(H,23,24). The molecule has 3 aromatic carbocycles. The average Bonchev–Trinajstić information content (AvgIpc) is 2.58. The number of aliphatic carboxylic acids is 1. The molecular weight excluding hydrogens is 298 g/mol. The Kier molecular flexibility index (Phi) is 3.54. The first-order valence-electron chi connectivity index (χ1n) is 7.97. The van der Waals surface area contributed by atoms with Crippen LogP contribution in [0.1, 0.15) is 5.56 Å². The number of hydrogen-bond donors (Lipinski definition) is 1. The normalized spacial score (nSPS) is 16.2. The average molecular weight is 315 g/mol. The van der Waals surface area contributed by atoms with Crippen molar-refractivity contribution in [3.05, 3.63) is 84.6 Å². The lowest BCUT2D eigenvalue weighted by molar-refractivity contribution is -0.141. The van der Waals surface area contributed by atoms with Gasteiger partial charge < -0.3 is 10.0 Å². The number of fused-ring (bicyclic) bond motifs is 1. The van der Waals surface area contributed by atoms with Crippen LogP contribution in [0.4, 0.5) is 0 Å². The molecule has 0 saturated heterocycles. The first kappa shape index (κ1) is 14.5. The lowest BCUT2D eigenvalue weighted by atomic mass is 9.92. The molecule has 3 heteroatoms. The molecule has 1 aliphatic rings. The molecule has 24 heavy (non-hydrogen) atoms. The summed E-state index contributed by atoms with van der Waals surface area (Å²) < 4.78 is 0. The fraction of sp³-hybridized carbons (Fsp3) is 0.0952. The van der Waals surface area contributed by atoms with Crippen molar-refractivity contribution in [3.63, 3.8) is 0 Å². The molecule has 118 valence electrons. The summed E-state index contributed by atoms with van der Waals surface area (Å²) in [6.07, 6.45) is 3.56. The predicted octanol–water partition coefficient (Wildman–Crippen LogP) is 4.29. The fourth-order valence-electron chi connectivity index (χ4n) is 3.26. The zero-order chi connectivity index (χ0) is 16.5. The molecule has 1 unspecified atom stereocenters. The zero-order valence-electron chi connectivity index (χ0n) is 13.1. The van der Waals surface area contributed by atoms with Gasteiger partial charge in [0.15, 0.2) is 0 Å². The largest absolute Gasteiger partial charge is 0.479 e. The molecule has 1 aliphatic heterocycles. The van der Waals surface area contributed by atoms with Gasteiger partial charge >= 0.3 is 5.97 Å². The van der Waals surface area contributed by atoms with E-state index in [2.05, 4.69) is 36.4 Å². The number of nitrogens with zero attached hydrogens (tertiary/aromatic N) is 1. The Bertz CT molecular complexity index is 931. The minimum absolute atomic E-state index is 0.528. The second kappa shape index (κ2) is 5.85. The van der Waals surface area contributed by atoms with Crippen molar-refractivity contribution >= 4 is 16.7 Å². The van der Waals surface area contributed by atoms with Crippen LogP contribution in [0.2, 0.25) is 0 Å². The number of carbonyl (C=O) groups is 1. The van der Waals surface area contributed by atoms with Gasteiger partial charge in [0.1, 0.15) is 6.04 Å². The predicted molar refractivity (Wildman–Crippen MR) is 95.5 cm³/mol. The van der Waals surface area contributed by atoms with Crippen molar-refractivity contribution in [2.75, 3.05) is 0 Å². The molecular formula is C21H17NO2. The van der Waals surface area contributed by atoms with Gasteiger partial charge in [-0.05, 0) is 39.7 Å². The third-order valence-electron chi connectivity index (χ3n) is 4.50. The molecule has 1 N–H and O–H groups in total. The number of hydrogen-bond acceptors (Lipinski definition) is 2. The summed E-state index contributed by atoms with van der Waals surface area (Å²) in [7, 11) is 0. The topological polar surface area (TPSA) is 40.5 Å². The molecule has 4 rings (SSSR count). The molecule has 0 aliphatic carbocycles. The lowest BCUT2D eigenvalue weighted by Gasteiger charge is -2.33. The van der Waals surface area contributed by atoms with Crippen molar-refractivity contribution < 1.29 is 9.90 Å². The minimum Gasteiger partial charge on any atom is -0.479 e. The molecule has 0 bridgehead atoms. The summed E-state index contributed by atoms with van der Waals surface area (Å²) in [5, 5.41) is 11.6. The first-order chi connectivity index (χ1) is 11.7. The van der Waals surface area contributed by atoms with Crippen LogP contribution in [-0.4, -0.2) is 22.0 Å². The van der Waals surface area contributed by atoms with Crippen LogP contribution in [0.15, 0.2) is 79.0 Å². The number of carboxylic acid groups (broad SMARTS) is 1. The Labute approximate surface area is 140 Å². The monoisotopic (exact) mass is 315 g/mol. The smallest absolute Gasteiger partial charge is 0.330 e. The van der Waals surface area contributed by atoms with Crippen molar-refractivity contribution in [1.82, 2.24) is 4.90 Å². The van der Waals surface area contributed by atoms with E-state index in [0.29, 0.717) is 6.54 Å². The lowest BCUT2D eigenvalue weighted by Crippen LogP contribution is -2.41. The van der Waals surface area contributed by atoms with Gasteiger partial charge in [0.2, 0.25) is 0 Å². The molecule has 0 amide bonds. The van der Waals surface area contributed by atoms with E-state index in [1.807, 2.05) is 41.4 Å². The van der Waals surface area contributed by atoms with Crippen molar-refractivity contribution in [2.45, 2.75) is 12.6 Å². The van der Waals surface area contributed by atoms with Gasteiger partial charge in [-0.2, -0.15) is 0 Å². The zero-order valence-corrected chi connectivity index (χ0v) is 13.1. The van der Waals surface area contributed by atoms with Crippen LogP contribution in [0, 0.1) is 0 Å².